The van der Waals surface area contributed by atoms with Gasteiger partial charge in [-0.3, -0.25) is 14.4 Å². The molecule has 0 atom stereocenters. The van der Waals surface area contributed by atoms with Crippen molar-refractivity contribution in [3.8, 4) is 0 Å². The van der Waals surface area contributed by atoms with Gasteiger partial charge in [0.05, 0.1) is 0 Å². The summed E-state index contributed by atoms with van der Waals surface area (Å²) in [4.78, 5) is 35.6. The lowest BCUT2D eigenvalue weighted by atomic mass is 10.2. The van der Waals surface area contributed by atoms with Gasteiger partial charge in [0.2, 0.25) is 11.8 Å². The van der Waals surface area contributed by atoms with Crippen LogP contribution in [0.4, 0.5) is 5.69 Å². The Labute approximate surface area is 144 Å². The molecule has 2 rings (SSSR count). The number of nitrogens with zero attached hydrogens (tertiary/aromatic N) is 1. The van der Waals surface area contributed by atoms with Gasteiger partial charge in [-0.15, -0.1) is 0 Å². The predicted octanol–water partition coefficient (Wildman–Crippen LogP) is 2.08. The third kappa shape index (κ3) is 4.70. The Morgan fingerprint density at radius 1 is 1.21 bits per heavy atom. The molecule has 126 valence electrons. The third-order valence-electron chi connectivity index (χ3n) is 3.38. The topological polar surface area (TPSA) is 80.2 Å². The second-order valence-electron chi connectivity index (χ2n) is 5.37. The Kier molecular flexibility index (Phi) is 5.76. The first-order valence-electron chi connectivity index (χ1n) is 7.36. The van der Waals surface area contributed by atoms with E-state index in [1.165, 1.54) is 17.6 Å². The molecule has 2 aromatic rings. The molecule has 0 bridgehead atoms. The average molecular weight is 348 g/mol. The molecule has 0 unspecified atom stereocenters. The molecule has 0 aliphatic rings. The van der Waals surface area contributed by atoms with Crippen molar-refractivity contribution >= 4 is 29.1 Å². The van der Waals surface area contributed by atoms with Crippen molar-refractivity contribution in [1.29, 1.82) is 0 Å². The fourth-order valence-corrected chi connectivity index (χ4v) is 2.41. The summed E-state index contributed by atoms with van der Waals surface area (Å²) in [6.07, 6.45) is 0. The number of amides is 2. The molecule has 0 radical (unpaired) electrons. The van der Waals surface area contributed by atoms with E-state index in [4.69, 9.17) is 11.6 Å². The Morgan fingerprint density at radius 3 is 2.62 bits per heavy atom. The summed E-state index contributed by atoms with van der Waals surface area (Å²) in [6.45, 7) is 3.24. The van der Waals surface area contributed by atoms with Crippen LogP contribution in [0.2, 0.25) is 5.02 Å². The molecule has 0 saturated carbocycles. The highest BCUT2D eigenvalue weighted by Crippen LogP contribution is 2.10. The van der Waals surface area contributed by atoms with Gasteiger partial charge in [-0.1, -0.05) is 23.7 Å². The van der Waals surface area contributed by atoms with Crippen LogP contribution in [0.3, 0.4) is 0 Å². The Hall–Kier alpha value is -2.60. The van der Waals surface area contributed by atoms with E-state index in [0.717, 1.165) is 5.56 Å². The number of hydrogen-bond donors (Lipinski definition) is 2. The maximum atomic E-state index is 12.3. The molecule has 0 aliphatic carbocycles. The molecule has 24 heavy (non-hydrogen) atoms. The molecule has 1 heterocycles. The molecular weight excluding hydrogens is 330 g/mol. The summed E-state index contributed by atoms with van der Waals surface area (Å²) in [5, 5.41) is 5.80. The summed E-state index contributed by atoms with van der Waals surface area (Å²) in [5.74, 6) is -0.645. The first-order chi connectivity index (χ1) is 11.4. The van der Waals surface area contributed by atoms with Gasteiger partial charge in [0, 0.05) is 24.2 Å². The van der Waals surface area contributed by atoms with Crippen LogP contribution in [-0.2, 0) is 22.7 Å². The van der Waals surface area contributed by atoms with E-state index in [9.17, 15) is 14.4 Å². The van der Waals surface area contributed by atoms with E-state index >= 15 is 0 Å². The second-order valence-corrected chi connectivity index (χ2v) is 5.80. The molecule has 0 aliphatic heterocycles. The summed E-state index contributed by atoms with van der Waals surface area (Å²) < 4.78 is 1.32. The van der Waals surface area contributed by atoms with Crippen molar-refractivity contribution in [1.82, 2.24) is 9.88 Å². The zero-order valence-corrected chi connectivity index (χ0v) is 14.2. The first kappa shape index (κ1) is 17.7. The van der Waals surface area contributed by atoms with E-state index in [2.05, 4.69) is 10.6 Å². The van der Waals surface area contributed by atoms with Crippen molar-refractivity contribution in [2.24, 2.45) is 0 Å². The Morgan fingerprint density at radius 2 is 1.96 bits per heavy atom. The van der Waals surface area contributed by atoms with Crippen molar-refractivity contribution in [2.45, 2.75) is 26.9 Å². The van der Waals surface area contributed by atoms with Gasteiger partial charge in [-0.05, 0) is 36.8 Å². The van der Waals surface area contributed by atoms with E-state index in [1.54, 1.807) is 31.2 Å². The van der Waals surface area contributed by atoms with Gasteiger partial charge < -0.3 is 15.2 Å². The number of hydrogen-bond acceptors (Lipinski definition) is 3. The van der Waals surface area contributed by atoms with Crippen LogP contribution in [0.15, 0.2) is 41.2 Å². The highest BCUT2D eigenvalue weighted by atomic mass is 35.5. The van der Waals surface area contributed by atoms with Crippen molar-refractivity contribution in [3.05, 3.63) is 63.0 Å². The van der Waals surface area contributed by atoms with Gasteiger partial charge in [0.25, 0.3) is 5.56 Å². The molecule has 1 aromatic carbocycles. The summed E-state index contributed by atoms with van der Waals surface area (Å²) in [6, 6.07) is 10.4. The number of rotatable bonds is 5. The highest BCUT2D eigenvalue weighted by molar-refractivity contribution is 6.30. The first-order valence-corrected chi connectivity index (χ1v) is 7.74. The molecule has 6 nitrogen and oxygen atoms in total. The SMILES string of the molecule is CC(=O)Nc1ccc(C)n(CC(=O)NCc2cccc(Cl)c2)c1=O. The second kappa shape index (κ2) is 7.79. The summed E-state index contributed by atoms with van der Waals surface area (Å²) >= 11 is 5.90. The lowest BCUT2D eigenvalue weighted by Gasteiger charge is -2.12. The molecule has 0 spiro atoms. The predicted molar refractivity (Wildman–Crippen MR) is 93.0 cm³/mol. The normalized spacial score (nSPS) is 10.3. The van der Waals surface area contributed by atoms with Crippen LogP contribution in [-0.4, -0.2) is 16.4 Å². The highest BCUT2D eigenvalue weighted by Gasteiger charge is 2.11. The van der Waals surface area contributed by atoms with E-state index in [0.29, 0.717) is 17.3 Å². The zero-order valence-electron chi connectivity index (χ0n) is 13.4. The fraction of sp³-hybridized carbons (Fsp3) is 0.235. The molecule has 2 N–H and O–H groups in total. The quantitative estimate of drug-likeness (QED) is 0.869. The van der Waals surface area contributed by atoms with Crippen molar-refractivity contribution in [2.75, 3.05) is 5.32 Å². The Balaban J connectivity index is 2.08. The van der Waals surface area contributed by atoms with Crippen molar-refractivity contribution < 1.29 is 9.59 Å². The standard InChI is InChI=1S/C17H18ClN3O3/c1-11-6-7-15(20-12(2)22)17(24)21(11)10-16(23)19-9-13-4-3-5-14(18)8-13/h3-8H,9-10H2,1-2H3,(H,19,23)(H,20,22). The van der Waals surface area contributed by atoms with Gasteiger partial charge in [-0.2, -0.15) is 0 Å². The van der Waals surface area contributed by atoms with E-state index in [1.807, 2.05) is 6.07 Å². The Bertz CT molecular complexity index is 830. The number of halogens is 1. The number of anilines is 1. The maximum Gasteiger partial charge on any atom is 0.274 e. The van der Waals surface area contributed by atoms with E-state index < -0.39 is 5.56 Å². The minimum atomic E-state index is -0.414. The third-order valence-corrected chi connectivity index (χ3v) is 3.62. The van der Waals surface area contributed by atoms with Crippen molar-refractivity contribution in [3.63, 3.8) is 0 Å². The molecule has 0 saturated heterocycles. The van der Waals surface area contributed by atoms with Crippen LogP contribution < -0.4 is 16.2 Å². The number of benzene rings is 1. The maximum absolute atomic E-state index is 12.3. The monoisotopic (exact) mass is 347 g/mol. The number of aryl methyl sites for hydroxylation is 1. The van der Waals surface area contributed by atoms with Crippen LogP contribution in [0.1, 0.15) is 18.2 Å². The molecule has 2 amide bonds. The number of aromatic nitrogens is 1. The summed E-state index contributed by atoms with van der Waals surface area (Å²) in [7, 11) is 0. The molecule has 1 aromatic heterocycles. The van der Waals surface area contributed by atoms with Gasteiger partial charge >= 0.3 is 0 Å². The smallest absolute Gasteiger partial charge is 0.274 e. The fourth-order valence-electron chi connectivity index (χ4n) is 2.20. The number of carbonyl (C=O) groups excluding carboxylic acids is 2. The number of nitrogens with one attached hydrogen (secondary N) is 2. The zero-order chi connectivity index (χ0) is 17.7. The summed E-state index contributed by atoms with van der Waals surface area (Å²) in [5.41, 5.74) is 1.23. The molecule has 0 fully saturated rings. The minimum absolute atomic E-state index is 0.126. The van der Waals surface area contributed by atoms with Crippen LogP contribution >= 0.6 is 11.6 Å². The van der Waals surface area contributed by atoms with Crippen LogP contribution in [0, 0.1) is 6.92 Å². The van der Waals surface area contributed by atoms with E-state index in [-0.39, 0.29) is 24.0 Å². The lowest BCUT2D eigenvalue weighted by Crippen LogP contribution is -2.34. The number of carbonyl (C=O) groups is 2. The van der Waals surface area contributed by atoms with Gasteiger partial charge in [0.1, 0.15) is 12.2 Å². The van der Waals surface area contributed by atoms with Crippen LogP contribution in [0.25, 0.3) is 0 Å². The number of pyridine rings is 1. The lowest BCUT2D eigenvalue weighted by molar-refractivity contribution is -0.121. The molecule has 7 heteroatoms. The van der Waals surface area contributed by atoms with Gasteiger partial charge in [-0.25, -0.2) is 0 Å². The average Bonchev–Trinajstić information content (AvgIpc) is 2.52. The largest absolute Gasteiger partial charge is 0.350 e. The van der Waals surface area contributed by atoms with Gasteiger partial charge in [0.15, 0.2) is 0 Å². The molecular formula is C17H18ClN3O3. The van der Waals surface area contributed by atoms with Crippen LogP contribution in [0.5, 0.6) is 0 Å². The minimum Gasteiger partial charge on any atom is -0.350 e.